The molecule has 0 aliphatic carbocycles. The third-order valence-electron chi connectivity index (χ3n) is 5.35. The minimum Gasteiger partial charge on any atom is -0.497 e. The van der Waals surface area contributed by atoms with Gasteiger partial charge in [0.15, 0.2) is 0 Å². The summed E-state index contributed by atoms with van der Waals surface area (Å²) >= 11 is 0. The van der Waals surface area contributed by atoms with Gasteiger partial charge in [-0.15, -0.1) is 0 Å². The fourth-order valence-corrected chi connectivity index (χ4v) is 4.01. The number of nitrogens with zero attached hydrogens (tertiary/aromatic N) is 1. The van der Waals surface area contributed by atoms with E-state index in [1.165, 1.54) is 0 Å². The largest absolute Gasteiger partial charge is 0.497 e. The van der Waals surface area contributed by atoms with Crippen LogP contribution in [0, 0.1) is 11.3 Å². The van der Waals surface area contributed by atoms with Gasteiger partial charge in [0, 0.05) is 31.7 Å². The Balaban J connectivity index is 1.53. The number of carboxylic acid groups (broad SMARTS) is 1. The molecule has 2 atom stereocenters. The summed E-state index contributed by atoms with van der Waals surface area (Å²) in [6.45, 7) is 2.09. The number of likely N-dealkylation sites (tertiary alicyclic amines) is 1. The monoisotopic (exact) mass is 344 g/mol. The third kappa shape index (κ3) is 2.55. The van der Waals surface area contributed by atoms with E-state index in [0.717, 1.165) is 22.6 Å². The SMILES string of the molecule is COc1ccc2c(c1)C=C(CN1C[C@H]3C(=O)NC[C@@]3(C(=O)O)C1)CO2. The van der Waals surface area contributed by atoms with E-state index in [2.05, 4.69) is 11.4 Å². The van der Waals surface area contributed by atoms with Gasteiger partial charge in [-0.1, -0.05) is 0 Å². The van der Waals surface area contributed by atoms with Crippen molar-refractivity contribution < 1.29 is 24.2 Å². The van der Waals surface area contributed by atoms with Crippen LogP contribution in [0.1, 0.15) is 5.56 Å². The van der Waals surface area contributed by atoms with Gasteiger partial charge in [-0.05, 0) is 29.8 Å². The summed E-state index contributed by atoms with van der Waals surface area (Å²) in [6, 6.07) is 5.65. The summed E-state index contributed by atoms with van der Waals surface area (Å²) in [5.41, 5.74) is 1.00. The van der Waals surface area contributed by atoms with Crippen molar-refractivity contribution in [2.24, 2.45) is 11.3 Å². The maximum absolute atomic E-state index is 12.0. The summed E-state index contributed by atoms with van der Waals surface area (Å²) < 4.78 is 11.0. The summed E-state index contributed by atoms with van der Waals surface area (Å²) in [6.07, 6.45) is 2.06. The average molecular weight is 344 g/mol. The number of methoxy groups -OCH3 is 1. The minimum atomic E-state index is -1.01. The summed E-state index contributed by atoms with van der Waals surface area (Å²) in [5.74, 6) is 0.0277. The van der Waals surface area contributed by atoms with Crippen LogP contribution in [0.4, 0.5) is 0 Å². The molecule has 0 saturated carbocycles. The summed E-state index contributed by atoms with van der Waals surface area (Å²) in [5, 5.41) is 12.3. The van der Waals surface area contributed by atoms with E-state index in [1.807, 2.05) is 23.1 Å². The molecule has 0 unspecified atom stereocenters. The van der Waals surface area contributed by atoms with Gasteiger partial charge in [0.1, 0.15) is 23.5 Å². The number of hydrogen-bond donors (Lipinski definition) is 2. The number of carboxylic acids is 1. The fraction of sp³-hybridized carbons (Fsp3) is 0.444. The van der Waals surface area contributed by atoms with Gasteiger partial charge in [-0.3, -0.25) is 14.5 Å². The van der Waals surface area contributed by atoms with Gasteiger partial charge in [0.25, 0.3) is 0 Å². The second-order valence-electron chi connectivity index (χ2n) is 6.90. The van der Waals surface area contributed by atoms with Crippen LogP contribution in [0.15, 0.2) is 23.8 Å². The van der Waals surface area contributed by atoms with Crippen LogP contribution in [0.3, 0.4) is 0 Å². The van der Waals surface area contributed by atoms with Crippen molar-refractivity contribution in [3.63, 3.8) is 0 Å². The topological polar surface area (TPSA) is 88.1 Å². The molecule has 4 rings (SSSR count). The van der Waals surface area contributed by atoms with Gasteiger partial charge in [0.2, 0.25) is 5.91 Å². The molecule has 0 aromatic heterocycles. The standard InChI is InChI=1S/C18H20N2O5/c1-24-13-2-3-15-12(5-13)4-11(8-25-15)6-20-7-14-16(21)19-9-18(14,10-20)17(22)23/h2-5,14H,6-10H2,1H3,(H,19,21)(H,22,23)/t14-,18+/m0/s1. The number of carbonyl (C=O) groups is 2. The Morgan fingerprint density at radius 1 is 1.52 bits per heavy atom. The van der Waals surface area contributed by atoms with E-state index in [-0.39, 0.29) is 12.5 Å². The normalized spacial score (nSPS) is 27.8. The number of rotatable bonds is 4. The second kappa shape index (κ2) is 5.77. The molecule has 0 spiro atoms. The Hall–Kier alpha value is -2.54. The van der Waals surface area contributed by atoms with E-state index >= 15 is 0 Å². The second-order valence-corrected chi connectivity index (χ2v) is 6.90. The number of amides is 1. The zero-order valence-electron chi connectivity index (χ0n) is 13.9. The zero-order chi connectivity index (χ0) is 17.6. The number of benzene rings is 1. The predicted molar refractivity (Wildman–Crippen MR) is 89.5 cm³/mol. The predicted octanol–water partition coefficient (Wildman–Crippen LogP) is 0.604. The first-order valence-electron chi connectivity index (χ1n) is 8.25. The van der Waals surface area contributed by atoms with Crippen molar-refractivity contribution in [2.75, 3.05) is 39.9 Å². The van der Waals surface area contributed by atoms with E-state index in [9.17, 15) is 14.7 Å². The van der Waals surface area contributed by atoms with Crippen LogP contribution >= 0.6 is 0 Å². The maximum Gasteiger partial charge on any atom is 0.313 e. The molecule has 25 heavy (non-hydrogen) atoms. The highest BCUT2D eigenvalue weighted by atomic mass is 16.5. The molecular weight excluding hydrogens is 324 g/mol. The van der Waals surface area contributed by atoms with Crippen molar-refractivity contribution in [1.29, 1.82) is 0 Å². The molecule has 3 aliphatic heterocycles. The van der Waals surface area contributed by atoms with Gasteiger partial charge in [-0.25, -0.2) is 0 Å². The van der Waals surface area contributed by atoms with Gasteiger partial charge in [0.05, 0.1) is 13.0 Å². The molecule has 3 aliphatic rings. The van der Waals surface area contributed by atoms with Gasteiger partial charge in [-0.2, -0.15) is 0 Å². The molecular formula is C18H20N2O5. The molecule has 1 aromatic carbocycles. The van der Waals surface area contributed by atoms with Crippen LogP contribution < -0.4 is 14.8 Å². The van der Waals surface area contributed by atoms with Crippen molar-refractivity contribution in [1.82, 2.24) is 10.2 Å². The fourth-order valence-electron chi connectivity index (χ4n) is 4.01. The smallest absolute Gasteiger partial charge is 0.313 e. The molecule has 1 amide bonds. The molecule has 132 valence electrons. The number of hydrogen-bond acceptors (Lipinski definition) is 5. The van der Waals surface area contributed by atoms with Crippen molar-refractivity contribution in [3.05, 3.63) is 29.3 Å². The van der Waals surface area contributed by atoms with Crippen LogP contribution in [-0.2, 0) is 9.59 Å². The van der Waals surface area contributed by atoms with Crippen LogP contribution in [0.25, 0.3) is 6.08 Å². The van der Waals surface area contributed by atoms with E-state index in [1.54, 1.807) is 7.11 Å². The number of nitrogens with one attached hydrogen (secondary N) is 1. The molecule has 2 saturated heterocycles. The summed E-state index contributed by atoms with van der Waals surface area (Å²) in [7, 11) is 1.62. The Morgan fingerprint density at radius 3 is 3.08 bits per heavy atom. The van der Waals surface area contributed by atoms with Crippen LogP contribution in [0.2, 0.25) is 0 Å². The highest BCUT2D eigenvalue weighted by Crippen LogP contribution is 2.40. The number of ether oxygens (including phenoxy) is 2. The molecule has 7 heteroatoms. The molecule has 0 radical (unpaired) electrons. The molecule has 2 N–H and O–H groups in total. The third-order valence-corrected chi connectivity index (χ3v) is 5.35. The summed E-state index contributed by atoms with van der Waals surface area (Å²) in [4.78, 5) is 25.8. The first-order valence-corrected chi connectivity index (χ1v) is 8.25. The lowest BCUT2D eigenvalue weighted by Gasteiger charge is -2.24. The zero-order valence-corrected chi connectivity index (χ0v) is 13.9. The lowest BCUT2D eigenvalue weighted by Crippen LogP contribution is -2.40. The van der Waals surface area contributed by atoms with Crippen molar-refractivity contribution in [2.45, 2.75) is 0 Å². The molecule has 1 aromatic rings. The van der Waals surface area contributed by atoms with E-state index in [4.69, 9.17) is 9.47 Å². The quantitative estimate of drug-likeness (QED) is 0.832. The minimum absolute atomic E-state index is 0.158. The highest BCUT2D eigenvalue weighted by Gasteiger charge is 2.59. The Kier molecular flexibility index (Phi) is 3.68. The van der Waals surface area contributed by atoms with Crippen molar-refractivity contribution in [3.8, 4) is 11.5 Å². The molecule has 0 bridgehead atoms. The maximum atomic E-state index is 12.0. The first kappa shape index (κ1) is 16.0. The Labute approximate surface area is 145 Å². The lowest BCUT2D eigenvalue weighted by atomic mass is 9.81. The van der Waals surface area contributed by atoms with Gasteiger partial charge < -0.3 is 19.9 Å². The highest BCUT2D eigenvalue weighted by molar-refractivity contribution is 5.92. The lowest BCUT2D eigenvalue weighted by molar-refractivity contribution is -0.149. The van der Waals surface area contributed by atoms with E-state index < -0.39 is 17.3 Å². The number of fused-ring (bicyclic) bond motifs is 2. The first-order chi connectivity index (χ1) is 12.0. The van der Waals surface area contributed by atoms with E-state index in [0.29, 0.717) is 26.2 Å². The van der Waals surface area contributed by atoms with Crippen LogP contribution in [0.5, 0.6) is 11.5 Å². The Morgan fingerprint density at radius 2 is 2.36 bits per heavy atom. The molecule has 7 nitrogen and oxygen atoms in total. The number of aliphatic carboxylic acids is 1. The van der Waals surface area contributed by atoms with Crippen molar-refractivity contribution >= 4 is 18.0 Å². The average Bonchev–Trinajstić information content (AvgIpc) is 3.12. The van der Waals surface area contributed by atoms with Gasteiger partial charge >= 0.3 is 5.97 Å². The number of carbonyl (C=O) groups excluding carboxylic acids is 1. The molecule has 2 fully saturated rings. The van der Waals surface area contributed by atoms with Crippen LogP contribution in [-0.4, -0.2) is 61.8 Å². The Bertz CT molecular complexity index is 775. The molecule has 3 heterocycles.